The van der Waals surface area contributed by atoms with E-state index in [4.69, 9.17) is 4.74 Å². The number of carbonyl (C=O) groups is 1. The second-order valence-electron chi connectivity index (χ2n) is 7.58. The van der Waals surface area contributed by atoms with Gasteiger partial charge in [0.15, 0.2) is 0 Å². The highest BCUT2D eigenvalue weighted by Gasteiger charge is 2.71. The normalized spacial score (nSPS) is 58.6. The molecule has 3 rings (SSSR count). The molecular formula is C16H26O2. The van der Waals surface area contributed by atoms with Gasteiger partial charge in [-0.2, -0.15) is 0 Å². The third kappa shape index (κ3) is 1.31. The highest BCUT2D eigenvalue weighted by atomic mass is 16.6. The standard InChI is InChI=1S/C16H26O2/c1-11-7-8-15(3)12(14(11,2)9-10-17)5-6-13-16(15,4)18-13/h10-13H,5-9H2,1-4H3/t11-,12-,13+,14+,15-,16+/m1/s1. The summed E-state index contributed by atoms with van der Waals surface area (Å²) in [4.78, 5) is 11.1. The number of fused-ring (bicyclic) bond motifs is 3. The fourth-order valence-corrected chi connectivity index (χ4v) is 5.27. The molecule has 2 saturated carbocycles. The minimum atomic E-state index is 0.0974. The molecular weight excluding hydrogens is 224 g/mol. The first-order chi connectivity index (χ1) is 8.38. The van der Waals surface area contributed by atoms with Crippen molar-refractivity contribution < 1.29 is 9.53 Å². The molecule has 0 unspecified atom stereocenters. The van der Waals surface area contributed by atoms with E-state index in [0.717, 1.165) is 12.7 Å². The van der Waals surface area contributed by atoms with Crippen molar-refractivity contribution in [2.75, 3.05) is 0 Å². The maximum Gasteiger partial charge on any atom is 0.120 e. The van der Waals surface area contributed by atoms with Gasteiger partial charge in [0.05, 0.1) is 11.7 Å². The second kappa shape index (κ2) is 3.59. The Labute approximate surface area is 110 Å². The van der Waals surface area contributed by atoms with Gasteiger partial charge in [-0.15, -0.1) is 0 Å². The SMILES string of the molecule is C[C@@H]1CC[C@]2(C)[C@H](CC[C@@H]3O[C@@]32C)[C@@]1(C)CC=O. The number of ether oxygens (including phenoxy) is 1. The molecule has 18 heavy (non-hydrogen) atoms. The highest BCUT2D eigenvalue weighted by molar-refractivity contribution is 5.51. The maximum atomic E-state index is 11.1. The van der Waals surface area contributed by atoms with Crippen LogP contribution in [0.1, 0.15) is 59.8 Å². The van der Waals surface area contributed by atoms with Crippen LogP contribution < -0.4 is 0 Å². The van der Waals surface area contributed by atoms with Gasteiger partial charge in [-0.05, 0) is 49.9 Å². The van der Waals surface area contributed by atoms with Crippen LogP contribution in [0.5, 0.6) is 0 Å². The van der Waals surface area contributed by atoms with E-state index in [9.17, 15) is 4.79 Å². The Balaban J connectivity index is 1.99. The molecule has 0 amide bonds. The van der Waals surface area contributed by atoms with Gasteiger partial charge in [0.1, 0.15) is 6.29 Å². The van der Waals surface area contributed by atoms with Crippen LogP contribution in [0.25, 0.3) is 0 Å². The lowest BCUT2D eigenvalue weighted by atomic mass is 9.45. The fourth-order valence-electron chi connectivity index (χ4n) is 5.27. The molecule has 1 aliphatic heterocycles. The Bertz CT molecular complexity index is 379. The van der Waals surface area contributed by atoms with Gasteiger partial charge in [-0.1, -0.05) is 20.8 Å². The highest BCUT2D eigenvalue weighted by Crippen LogP contribution is 2.69. The summed E-state index contributed by atoms with van der Waals surface area (Å²) in [5.41, 5.74) is 0.551. The van der Waals surface area contributed by atoms with E-state index >= 15 is 0 Å². The monoisotopic (exact) mass is 250 g/mol. The van der Waals surface area contributed by atoms with E-state index < -0.39 is 0 Å². The predicted molar refractivity (Wildman–Crippen MR) is 71.3 cm³/mol. The molecule has 102 valence electrons. The minimum Gasteiger partial charge on any atom is -0.366 e. The zero-order valence-corrected chi connectivity index (χ0v) is 12.2. The first-order valence-electron chi connectivity index (χ1n) is 7.50. The van der Waals surface area contributed by atoms with Crippen LogP contribution >= 0.6 is 0 Å². The molecule has 2 aliphatic carbocycles. The van der Waals surface area contributed by atoms with Gasteiger partial charge in [-0.3, -0.25) is 0 Å². The Kier molecular flexibility index (Phi) is 2.53. The Morgan fingerprint density at radius 3 is 2.61 bits per heavy atom. The summed E-state index contributed by atoms with van der Waals surface area (Å²) in [6.45, 7) is 9.42. The minimum absolute atomic E-state index is 0.0974. The van der Waals surface area contributed by atoms with Crippen molar-refractivity contribution in [3.63, 3.8) is 0 Å². The van der Waals surface area contributed by atoms with Crippen molar-refractivity contribution in [2.45, 2.75) is 71.5 Å². The zero-order valence-electron chi connectivity index (χ0n) is 12.2. The van der Waals surface area contributed by atoms with Gasteiger partial charge in [0.25, 0.3) is 0 Å². The van der Waals surface area contributed by atoms with Gasteiger partial charge in [-0.25, -0.2) is 0 Å². The molecule has 0 aromatic rings. The molecule has 0 spiro atoms. The average Bonchev–Trinajstić information content (AvgIpc) is 2.99. The summed E-state index contributed by atoms with van der Waals surface area (Å²) < 4.78 is 6.06. The van der Waals surface area contributed by atoms with Crippen LogP contribution in [0, 0.1) is 22.7 Å². The van der Waals surface area contributed by atoms with Gasteiger partial charge in [0.2, 0.25) is 0 Å². The smallest absolute Gasteiger partial charge is 0.120 e. The van der Waals surface area contributed by atoms with E-state index in [1.165, 1.54) is 25.7 Å². The van der Waals surface area contributed by atoms with Crippen LogP contribution in [0.3, 0.4) is 0 Å². The summed E-state index contributed by atoms with van der Waals surface area (Å²) in [5, 5.41) is 0. The summed E-state index contributed by atoms with van der Waals surface area (Å²) in [5.74, 6) is 1.29. The molecule has 1 saturated heterocycles. The van der Waals surface area contributed by atoms with Gasteiger partial charge >= 0.3 is 0 Å². The molecule has 1 heterocycles. The number of aldehydes is 1. The Morgan fingerprint density at radius 2 is 1.94 bits per heavy atom. The van der Waals surface area contributed by atoms with Crippen molar-refractivity contribution in [3.8, 4) is 0 Å². The van der Waals surface area contributed by atoms with Crippen molar-refractivity contribution in [2.24, 2.45) is 22.7 Å². The van der Waals surface area contributed by atoms with Crippen molar-refractivity contribution >= 4 is 6.29 Å². The summed E-state index contributed by atoms with van der Waals surface area (Å²) in [7, 11) is 0. The van der Waals surface area contributed by atoms with E-state index in [1.807, 2.05) is 0 Å². The average molecular weight is 250 g/mol. The topological polar surface area (TPSA) is 29.6 Å². The predicted octanol–water partition coefficient (Wildman–Crippen LogP) is 3.59. The van der Waals surface area contributed by atoms with Crippen LogP contribution in [0.2, 0.25) is 0 Å². The fraction of sp³-hybridized carbons (Fsp3) is 0.938. The Morgan fingerprint density at radius 1 is 1.22 bits per heavy atom. The van der Waals surface area contributed by atoms with Gasteiger partial charge in [0, 0.05) is 11.8 Å². The molecule has 3 fully saturated rings. The van der Waals surface area contributed by atoms with Crippen LogP contribution in [0.4, 0.5) is 0 Å². The summed E-state index contributed by atoms with van der Waals surface area (Å²) in [6.07, 6.45) is 7.29. The molecule has 0 radical (unpaired) electrons. The number of hydrogen-bond acceptors (Lipinski definition) is 2. The number of epoxide rings is 1. The quantitative estimate of drug-likeness (QED) is 0.554. The molecule has 2 heteroatoms. The van der Waals surface area contributed by atoms with Crippen molar-refractivity contribution in [1.29, 1.82) is 0 Å². The van der Waals surface area contributed by atoms with Gasteiger partial charge < -0.3 is 9.53 Å². The molecule has 0 aromatic carbocycles. The molecule has 2 nitrogen and oxygen atoms in total. The summed E-state index contributed by atoms with van der Waals surface area (Å²) >= 11 is 0. The van der Waals surface area contributed by atoms with E-state index in [2.05, 4.69) is 27.7 Å². The van der Waals surface area contributed by atoms with E-state index in [0.29, 0.717) is 17.9 Å². The number of carbonyl (C=O) groups excluding carboxylic acids is 1. The second-order valence-corrected chi connectivity index (χ2v) is 7.58. The van der Waals surface area contributed by atoms with Crippen LogP contribution in [-0.2, 0) is 9.53 Å². The largest absolute Gasteiger partial charge is 0.366 e. The lowest BCUT2D eigenvalue weighted by molar-refractivity contribution is -0.124. The van der Waals surface area contributed by atoms with E-state index in [-0.39, 0.29) is 16.4 Å². The first kappa shape index (κ1) is 12.7. The number of rotatable bonds is 2. The first-order valence-corrected chi connectivity index (χ1v) is 7.50. The lowest BCUT2D eigenvalue weighted by Gasteiger charge is -2.58. The molecule has 0 aromatic heterocycles. The summed E-state index contributed by atoms with van der Waals surface area (Å²) in [6, 6.07) is 0. The number of hydrogen-bond donors (Lipinski definition) is 0. The third-order valence-electron chi connectivity index (χ3n) is 7.11. The van der Waals surface area contributed by atoms with Crippen molar-refractivity contribution in [1.82, 2.24) is 0 Å². The zero-order chi connectivity index (χ0) is 13.2. The lowest BCUT2D eigenvalue weighted by Crippen LogP contribution is -2.56. The van der Waals surface area contributed by atoms with Crippen molar-refractivity contribution in [3.05, 3.63) is 0 Å². The maximum absolute atomic E-state index is 11.1. The molecule has 3 aliphatic rings. The molecule has 0 N–H and O–H groups in total. The van der Waals surface area contributed by atoms with Crippen LogP contribution in [-0.4, -0.2) is 18.0 Å². The third-order valence-corrected chi connectivity index (χ3v) is 7.11. The molecule has 0 bridgehead atoms. The Hall–Kier alpha value is -0.370. The van der Waals surface area contributed by atoms with Crippen LogP contribution in [0.15, 0.2) is 0 Å². The van der Waals surface area contributed by atoms with E-state index in [1.54, 1.807) is 0 Å². The molecule has 6 atom stereocenters.